The molecule has 0 heterocycles. The summed E-state index contributed by atoms with van der Waals surface area (Å²) in [5.41, 5.74) is 9.04. The summed E-state index contributed by atoms with van der Waals surface area (Å²) in [6.45, 7) is 5.11. The van der Waals surface area contributed by atoms with Gasteiger partial charge in [-0.3, -0.25) is 4.79 Å². The van der Waals surface area contributed by atoms with Crippen molar-refractivity contribution in [3.63, 3.8) is 0 Å². The van der Waals surface area contributed by atoms with Gasteiger partial charge in [-0.2, -0.15) is 0 Å². The Bertz CT molecular complexity index is 647. The zero-order valence-corrected chi connectivity index (χ0v) is 14.9. The van der Waals surface area contributed by atoms with Gasteiger partial charge in [0.05, 0.1) is 6.10 Å². The molecule has 0 aliphatic heterocycles. The number of benzene rings is 2. The lowest BCUT2D eigenvalue weighted by Crippen LogP contribution is -2.26. The smallest absolute Gasteiger partial charge is 0.251 e. The van der Waals surface area contributed by atoms with E-state index in [-0.39, 0.29) is 24.4 Å². The first-order valence-corrected chi connectivity index (χ1v) is 7.89. The van der Waals surface area contributed by atoms with Crippen LogP contribution in [0.4, 0.5) is 5.69 Å². The van der Waals surface area contributed by atoms with Crippen molar-refractivity contribution in [3.05, 3.63) is 65.2 Å². The molecule has 0 bridgehead atoms. The zero-order chi connectivity index (χ0) is 16.7. The maximum Gasteiger partial charge on any atom is 0.251 e. The van der Waals surface area contributed by atoms with E-state index in [0.29, 0.717) is 24.4 Å². The van der Waals surface area contributed by atoms with Gasteiger partial charge in [-0.15, -0.1) is 12.4 Å². The van der Waals surface area contributed by atoms with Gasteiger partial charge in [-0.1, -0.05) is 36.4 Å². The van der Waals surface area contributed by atoms with E-state index >= 15 is 0 Å². The molecular formula is C19H25ClN2O2. The molecule has 0 fully saturated rings. The lowest BCUT2D eigenvalue weighted by atomic mass is 10.1. The third-order valence-corrected chi connectivity index (χ3v) is 3.75. The summed E-state index contributed by atoms with van der Waals surface area (Å²) in [7, 11) is 0. The molecule has 0 aliphatic carbocycles. The quantitative estimate of drug-likeness (QED) is 0.589. The first kappa shape index (κ1) is 20.0. The fraction of sp³-hybridized carbons (Fsp3) is 0.316. The van der Waals surface area contributed by atoms with E-state index in [4.69, 9.17) is 10.5 Å². The van der Waals surface area contributed by atoms with Crippen molar-refractivity contribution in [1.29, 1.82) is 0 Å². The van der Waals surface area contributed by atoms with Gasteiger partial charge in [-0.25, -0.2) is 0 Å². The summed E-state index contributed by atoms with van der Waals surface area (Å²) in [5, 5.41) is 2.91. The van der Waals surface area contributed by atoms with Crippen LogP contribution in [0.25, 0.3) is 0 Å². The van der Waals surface area contributed by atoms with Crippen molar-refractivity contribution in [2.75, 3.05) is 18.9 Å². The Morgan fingerprint density at radius 2 is 1.92 bits per heavy atom. The number of carbonyl (C=O) groups is 1. The number of hydrogen-bond donors (Lipinski definition) is 2. The van der Waals surface area contributed by atoms with Gasteiger partial charge in [0.25, 0.3) is 5.91 Å². The van der Waals surface area contributed by atoms with Crippen molar-refractivity contribution in [3.8, 4) is 0 Å². The summed E-state index contributed by atoms with van der Waals surface area (Å²) >= 11 is 0. The summed E-state index contributed by atoms with van der Waals surface area (Å²) in [6.07, 6.45) is 0.827. The van der Waals surface area contributed by atoms with Crippen molar-refractivity contribution < 1.29 is 9.53 Å². The van der Waals surface area contributed by atoms with Crippen molar-refractivity contribution in [1.82, 2.24) is 5.32 Å². The number of aryl methyl sites for hydroxylation is 1. The van der Waals surface area contributed by atoms with Crippen LogP contribution in [0.1, 0.15) is 40.9 Å². The van der Waals surface area contributed by atoms with Crippen LogP contribution in [0.15, 0.2) is 48.5 Å². The number of nitrogens with two attached hydrogens (primary N) is 1. The number of amides is 1. The second-order valence-corrected chi connectivity index (χ2v) is 5.61. The largest absolute Gasteiger partial charge is 0.399 e. The van der Waals surface area contributed by atoms with Gasteiger partial charge in [0, 0.05) is 24.4 Å². The molecule has 0 aliphatic rings. The van der Waals surface area contributed by atoms with Gasteiger partial charge in [-0.05, 0) is 43.5 Å². The highest BCUT2D eigenvalue weighted by molar-refractivity contribution is 5.96. The lowest BCUT2D eigenvalue weighted by Gasteiger charge is -2.13. The number of rotatable bonds is 7. The van der Waals surface area contributed by atoms with Gasteiger partial charge >= 0.3 is 0 Å². The average molecular weight is 349 g/mol. The van der Waals surface area contributed by atoms with Gasteiger partial charge in [0.2, 0.25) is 0 Å². The molecule has 24 heavy (non-hydrogen) atoms. The lowest BCUT2D eigenvalue weighted by molar-refractivity contribution is 0.0635. The van der Waals surface area contributed by atoms with Gasteiger partial charge in [0.15, 0.2) is 0 Å². The molecule has 0 radical (unpaired) electrons. The summed E-state index contributed by atoms with van der Waals surface area (Å²) in [5.74, 6) is -0.0918. The molecule has 0 saturated heterocycles. The van der Waals surface area contributed by atoms with Crippen LogP contribution in [0.5, 0.6) is 0 Å². The molecule has 3 N–H and O–H groups in total. The second kappa shape index (κ2) is 9.96. The van der Waals surface area contributed by atoms with E-state index in [1.807, 2.05) is 38.1 Å². The number of nitrogen functional groups attached to an aromatic ring is 1. The predicted octanol–water partition coefficient (Wildman–Crippen LogP) is 3.90. The number of halogens is 1. The van der Waals surface area contributed by atoms with Crippen LogP contribution in [0.2, 0.25) is 0 Å². The second-order valence-electron chi connectivity index (χ2n) is 5.61. The Morgan fingerprint density at radius 1 is 1.21 bits per heavy atom. The van der Waals surface area contributed by atoms with Crippen LogP contribution < -0.4 is 11.1 Å². The summed E-state index contributed by atoms with van der Waals surface area (Å²) in [4.78, 5) is 12.1. The van der Waals surface area contributed by atoms with E-state index < -0.39 is 0 Å². The van der Waals surface area contributed by atoms with E-state index in [2.05, 4.69) is 17.4 Å². The first-order chi connectivity index (χ1) is 11.1. The fourth-order valence-electron chi connectivity index (χ4n) is 2.33. The molecule has 2 aromatic rings. The molecule has 130 valence electrons. The molecular weight excluding hydrogens is 324 g/mol. The number of carbonyl (C=O) groups excluding carboxylic acids is 1. The molecule has 0 spiro atoms. The van der Waals surface area contributed by atoms with E-state index in [1.54, 1.807) is 12.1 Å². The third-order valence-electron chi connectivity index (χ3n) is 3.75. The zero-order valence-electron chi connectivity index (χ0n) is 14.1. The van der Waals surface area contributed by atoms with E-state index in [1.165, 1.54) is 0 Å². The van der Waals surface area contributed by atoms with Crippen LogP contribution in [0, 0.1) is 6.92 Å². The first-order valence-electron chi connectivity index (χ1n) is 7.89. The Morgan fingerprint density at radius 3 is 2.62 bits per heavy atom. The number of ether oxygens (including phenoxy) is 1. The maximum atomic E-state index is 12.1. The normalized spacial score (nSPS) is 11.4. The van der Waals surface area contributed by atoms with Crippen molar-refractivity contribution in [2.45, 2.75) is 26.4 Å². The average Bonchev–Trinajstić information content (AvgIpc) is 2.57. The minimum absolute atomic E-state index is 0. The van der Waals surface area contributed by atoms with E-state index in [9.17, 15) is 4.79 Å². The fourth-order valence-corrected chi connectivity index (χ4v) is 2.33. The Hall–Kier alpha value is -2.04. The number of hydrogen-bond acceptors (Lipinski definition) is 3. The molecule has 0 aromatic heterocycles. The van der Waals surface area contributed by atoms with E-state index in [0.717, 1.165) is 17.5 Å². The molecule has 1 atom stereocenters. The molecule has 1 amide bonds. The third kappa shape index (κ3) is 5.87. The van der Waals surface area contributed by atoms with Gasteiger partial charge < -0.3 is 15.8 Å². The Balaban J connectivity index is 0.00000288. The molecule has 2 rings (SSSR count). The SMILES string of the molecule is Cc1ccc(N)cc1C(=O)NCCCOC(C)c1ccccc1.Cl. The van der Waals surface area contributed by atoms with Crippen LogP contribution in [-0.4, -0.2) is 19.1 Å². The summed E-state index contributed by atoms with van der Waals surface area (Å²) < 4.78 is 5.79. The standard InChI is InChI=1S/C19H24N2O2.ClH/c1-14-9-10-17(20)13-18(14)19(22)21-11-6-12-23-15(2)16-7-4-3-5-8-16;/h3-5,7-10,13,15H,6,11-12,20H2,1-2H3,(H,21,22);1H. The Kier molecular flexibility index (Phi) is 8.30. The Labute approximate surface area is 149 Å². The molecule has 5 heteroatoms. The predicted molar refractivity (Wildman–Crippen MR) is 101 cm³/mol. The molecule has 4 nitrogen and oxygen atoms in total. The van der Waals surface area contributed by atoms with Crippen LogP contribution >= 0.6 is 12.4 Å². The minimum atomic E-state index is -0.0918. The summed E-state index contributed by atoms with van der Waals surface area (Å²) in [6, 6.07) is 15.5. The molecule has 0 saturated carbocycles. The highest BCUT2D eigenvalue weighted by Gasteiger charge is 2.09. The van der Waals surface area contributed by atoms with Crippen LogP contribution in [0.3, 0.4) is 0 Å². The van der Waals surface area contributed by atoms with Crippen molar-refractivity contribution >= 4 is 24.0 Å². The van der Waals surface area contributed by atoms with Crippen molar-refractivity contribution in [2.24, 2.45) is 0 Å². The highest BCUT2D eigenvalue weighted by Crippen LogP contribution is 2.16. The van der Waals surface area contributed by atoms with Crippen LogP contribution in [-0.2, 0) is 4.74 Å². The maximum absolute atomic E-state index is 12.1. The molecule has 2 aromatic carbocycles. The highest BCUT2D eigenvalue weighted by atomic mass is 35.5. The topological polar surface area (TPSA) is 64.4 Å². The monoisotopic (exact) mass is 348 g/mol. The number of anilines is 1. The minimum Gasteiger partial charge on any atom is -0.399 e. The molecule has 1 unspecified atom stereocenters. The number of nitrogens with one attached hydrogen (secondary N) is 1. The van der Waals surface area contributed by atoms with Gasteiger partial charge in [0.1, 0.15) is 0 Å².